The van der Waals surface area contributed by atoms with Gasteiger partial charge in [-0.15, -0.1) is 0 Å². The summed E-state index contributed by atoms with van der Waals surface area (Å²) in [4.78, 5) is 4.58. The van der Waals surface area contributed by atoms with Crippen molar-refractivity contribution in [1.29, 1.82) is 0 Å². The Morgan fingerprint density at radius 2 is 2.29 bits per heavy atom. The van der Waals surface area contributed by atoms with Crippen molar-refractivity contribution in [3.05, 3.63) is 36.3 Å². The smallest absolute Gasteiger partial charge is 0.137 e. The zero-order valence-corrected chi connectivity index (χ0v) is 10.3. The van der Waals surface area contributed by atoms with Crippen LogP contribution < -0.4 is 5.32 Å². The van der Waals surface area contributed by atoms with Gasteiger partial charge in [-0.25, -0.2) is 4.98 Å². The van der Waals surface area contributed by atoms with Gasteiger partial charge in [-0.1, -0.05) is 13.0 Å². The van der Waals surface area contributed by atoms with E-state index in [2.05, 4.69) is 27.8 Å². The number of imidazole rings is 1. The molecule has 1 aliphatic carbocycles. The molecule has 0 spiro atoms. The van der Waals surface area contributed by atoms with Crippen molar-refractivity contribution < 1.29 is 0 Å². The summed E-state index contributed by atoms with van der Waals surface area (Å²) >= 11 is 0. The number of aromatic nitrogens is 2. The summed E-state index contributed by atoms with van der Waals surface area (Å²) in [6.45, 7) is 4.31. The van der Waals surface area contributed by atoms with Gasteiger partial charge in [0.1, 0.15) is 5.65 Å². The van der Waals surface area contributed by atoms with Crippen LogP contribution in [0.15, 0.2) is 30.6 Å². The predicted octanol–water partition coefficient (Wildman–Crippen LogP) is 2.61. The molecule has 3 rings (SSSR count). The van der Waals surface area contributed by atoms with E-state index in [1.807, 2.05) is 24.4 Å². The third-order valence-electron chi connectivity index (χ3n) is 3.93. The maximum atomic E-state index is 4.58. The first-order chi connectivity index (χ1) is 8.31. The maximum absolute atomic E-state index is 4.58. The minimum atomic E-state index is 0.610. The van der Waals surface area contributed by atoms with Gasteiger partial charge >= 0.3 is 0 Å². The normalized spacial score (nSPS) is 17.5. The van der Waals surface area contributed by atoms with Gasteiger partial charge in [0.25, 0.3) is 0 Å². The minimum absolute atomic E-state index is 0.610. The van der Waals surface area contributed by atoms with Gasteiger partial charge in [-0.2, -0.15) is 0 Å². The molecule has 1 fully saturated rings. The summed E-state index contributed by atoms with van der Waals surface area (Å²) in [6.07, 6.45) is 8.22. The van der Waals surface area contributed by atoms with Crippen LogP contribution in [0.3, 0.4) is 0 Å². The second kappa shape index (κ2) is 4.15. The van der Waals surface area contributed by atoms with E-state index in [-0.39, 0.29) is 0 Å². The number of nitrogens with one attached hydrogen (secondary N) is 1. The molecule has 17 heavy (non-hydrogen) atoms. The van der Waals surface area contributed by atoms with E-state index in [0.29, 0.717) is 5.41 Å². The van der Waals surface area contributed by atoms with Crippen LogP contribution in [0.5, 0.6) is 0 Å². The van der Waals surface area contributed by atoms with Gasteiger partial charge in [0, 0.05) is 25.5 Å². The van der Waals surface area contributed by atoms with Crippen LogP contribution in [0, 0.1) is 5.41 Å². The van der Waals surface area contributed by atoms with Crippen molar-refractivity contribution in [2.75, 3.05) is 6.54 Å². The third-order valence-corrected chi connectivity index (χ3v) is 3.93. The lowest BCUT2D eigenvalue weighted by molar-refractivity contribution is 0.442. The average molecular weight is 229 g/mol. The Morgan fingerprint density at radius 1 is 1.41 bits per heavy atom. The number of hydrogen-bond donors (Lipinski definition) is 1. The molecule has 0 atom stereocenters. The zero-order valence-electron chi connectivity index (χ0n) is 10.3. The van der Waals surface area contributed by atoms with Crippen LogP contribution in [0.4, 0.5) is 0 Å². The van der Waals surface area contributed by atoms with E-state index >= 15 is 0 Å². The number of hydrogen-bond acceptors (Lipinski definition) is 2. The average Bonchev–Trinajstić information content (AvgIpc) is 3.01. The number of pyridine rings is 1. The second-order valence-electron chi connectivity index (χ2n) is 5.16. The van der Waals surface area contributed by atoms with E-state index in [0.717, 1.165) is 24.4 Å². The fraction of sp³-hybridized carbons (Fsp3) is 0.500. The van der Waals surface area contributed by atoms with Crippen LogP contribution in [-0.4, -0.2) is 15.9 Å². The lowest BCUT2D eigenvalue weighted by Crippen LogP contribution is -2.23. The summed E-state index contributed by atoms with van der Waals surface area (Å²) in [5.74, 6) is 0. The summed E-state index contributed by atoms with van der Waals surface area (Å²) in [5.41, 5.74) is 2.77. The van der Waals surface area contributed by atoms with Crippen molar-refractivity contribution in [2.24, 2.45) is 5.41 Å². The molecular weight excluding hydrogens is 210 g/mol. The SMILES string of the molecule is CCC1(CNCc2cn3ccccc3n2)CC1. The molecule has 0 radical (unpaired) electrons. The number of nitrogens with zero attached hydrogens (tertiary/aromatic N) is 2. The summed E-state index contributed by atoms with van der Waals surface area (Å²) in [5, 5.41) is 3.54. The molecule has 0 aromatic carbocycles. The van der Waals surface area contributed by atoms with E-state index in [1.54, 1.807) is 0 Å². The van der Waals surface area contributed by atoms with Gasteiger partial charge in [0.05, 0.1) is 5.69 Å². The first-order valence-corrected chi connectivity index (χ1v) is 6.45. The lowest BCUT2D eigenvalue weighted by Gasteiger charge is -2.12. The summed E-state index contributed by atoms with van der Waals surface area (Å²) in [6, 6.07) is 6.09. The van der Waals surface area contributed by atoms with Crippen LogP contribution >= 0.6 is 0 Å². The molecule has 0 unspecified atom stereocenters. The van der Waals surface area contributed by atoms with Crippen LogP contribution in [-0.2, 0) is 6.54 Å². The molecule has 2 aromatic heterocycles. The molecule has 2 heterocycles. The molecule has 0 bridgehead atoms. The lowest BCUT2D eigenvalue weighted by atomic mass is 10.0. The van der Waals surface area contributed by atoms with Crippen LogP contribution in [0.2, 0.25) is 0 Å². The Hall–Kier alpha value is -1.35. The van der Waals surface area contributed by atoms with Crippen LogP contribution in [0.1, 0.15) is 31.9 Å². The molecule has 2 aromatic rings. The van der Waals surface area contributed by atoms with Gasteiger partial charge in [0.2, 0.25) is 0 Å². The van der Waals surface area contributed by atoms with Crippen LogP contribution in [0.25, 0.3) is 5.65 Å². The third kappa shape index (κ3) is 2.20. The number of fused-ring (bicyclic) bond motifs is 1. The Kier molecular flexibility index (Phi) is 2.63. The summed E-state index contributed by atoms with van der Waals surface area (Å²) in [7, 11) is 0. The van der Waals surface area contributed by atoms with E-state index < -0.39 is 0 Å². The van der Waals surface area contributed by atoms with Gasteiger partial charge in [-0.05, 0) is 36.8 Å². The first kappa shape index (κ1) is 10.8. The monoisotopic (exact) mass is 229 g/mol. The van der Waals surface area contributed by atoms with E-state index in [9.17, 15) is 0 Å². The highest BCUT2D eigenvalue weighted by Crippen LogP contribution is 2.47. The molecule has 0 amide bonds. The van der Waals surface area contributed by atoms with Gasteiger partial charge in [0.15, 0.2) is 0 Å². The number of rotatable bonds is 5. The molecule has 1 N–H and O–H groups in total. The highest BCUT2D eigenvalue weighted by molar-refractivity contribution is 5.39. The Morgan fingerprint density at radius 3 is 3.00 bits per heavy atom. The Balaban J connectivity index is 1.61. The maximum Gasteiger partial charge on any atom is 0.137 e. The molecule has 90 valence electrons. The van der Waals surface area contributed by atoms with Gasteiger partial charge in [-0.3, -0.25) is 0 Å². The van der Waals surface area contributed by atoms with Crippen molar-refractivity contribution >= 4 is 5.65 Å². The van der Waals surface area contributed by atoms with Crippen molar-refractivity contribution in [3.8, 4) is 0 Å². The van der Waals surface area contributed by atoms with Gasteiger partial charge < -0.3 is 9.72 Å². The molecular formula is C14H19N3. The molecule has 3 nitrogen and oxygen atoms in total. The fourth-order valence-electron chi connectivity index (χ4n) is 2.36. The van der Waals surface area contributed by atoms with E-state index in [4.69, 9.17) is 0 Å². The topological polar surface area (TPSA) is 29.3 Å². The van der Waals surface area contributed by atoms with Crippen molar-refractivity contribution in [2.45, 2.75) is 32.7 Å². The Labute approximate surface area is 102 Å². The first-order valence-electron chi connectivity index (χ1n) is 6.45. The highest BCUT2D eigenvalue weighted by atomic mass is 15.0. The van der Waals surface area contributed by atoms with Crippen molar-refractivity contribution in [3.63, 3.8) is 0 Å². The second-order valence-corrected chi connectivity index (χ2v) is 5.16. The molecule has 3 heteroatoms. The molecule has 0 aliphatic heterocycles. The largest absolute Gasteiger partial charge is 0.311 e. The summed E-state index contributed by atoms with van der Waals surface area (Å²) < 4.78 is 2.07. The molecule has 0 saturated heterocycles. The minimum Gasteiger partial charge on any atom is -0.311 e. The predicted molar refractivity (Wildman–Crippen MR) is 68.9 cm³/mol. The van der Waals surface area contributed by atoms with Crippen molar-refractivity contribution in [1.82, 2.24) is 14.7 Å². The highest BCUT2D eigenvalue weighted by Gasteiger charge is 2.39. The fourth-order valence-corrected chi connectivity index (χ4v) is 2.36. The Bertz CT molecular complexity index is 478. The molecule has 1 saturated carbocycles. The van der Waals surface area contributed by atoms with E-state index in [1.165, 1.54) is 19.3 Å². The standard InChI is InChI=1S/C14H19N3/c1-2-14(6-7-14)11-15-9-12-10-17-8-4-3-5-13(17)16-12/h3-5,8,10,15H,2,6-7,9,11H2,1H3. The zero-order chi connectivity index (χ0) is 11.7. The molecule has 1 aliphatic rings. The quantitative estimate of drug-likeness (QED) is 0.854.